The summed E-state index contributed by atoms with van der Waals surface area (Å²) in [5.41, 5.74) is 5.78. The molecule has 1 heterocycles. The molecule has 0 aliphatic carbocycles. The van der Waals surface area contributed by atoms with Gasteiger partial charge in [0.2, 0.25) is 10.0 Å². The summed E-state index contributed by atoms with van der Waals surface area (Å²) in [5, 5.41) is 0. The van der Waals surface area contributed by atoms with Gasteiger partial charge in [-0.15, -0.1) is 0 Å². The van der Waals surface area contributed by atoms with Crippen molar-refractivity contribution in [2.24, 2.45) is 11.7 Å². The lowest BCUT2D eigenvalue weighted by Gasteiger charge is -2.18. The Balaban J connectivity index is 2.23. The Hall–Kier alpha value is -0.980. The molecule has 1 aromatic carbocycles. The smallest absolute Gasteiger partial charge is 0.243 e. The number of nitrogens with zero attached hydrogens (tertiary/aromatic N) is 1. The summed E-state index contributed by atoms with van der Waals surface area (Å²) in [6, 6.07) is 5.07. The Labute approximate surface area is 107 Å². The van der Waals surface area contributed by atoms with Crippen LogP contribution in [0.1, 0.15) is 13.3 Å². The fourth-order valence-corrected chi connectivity index (χ4v) is 3.72. The van der Waals surface area contributed by atoms with Crippen LogP contribution in [0, 0.1) is 11.7 Å². The van der Waals surface area contributed by atoms with Gasteiger partial charge in [-0.05, 0) is 37.5 Å². The summed E-state index contributed by atoms with van der Waals surface area (Å²) in [7, 11) is -3.59. The minimum atomic E-state index is -3.59. The number of halogens is 1. The van der Waals surface area contributed by atoms with E-state index >= 15 is 0 Å². The van der Waals surface area contributed by atoms with Crippen molar-refractivity contribution in [3.63, 3.8) is 0 Å². The molecule has 100 valence electrons. The summed E-state index contributed by atoms with van der Waals surface area (Å²) in [5.74, 6) is -0.368. The predicted molar refractivity (Wildman–Crippen MR) is 66.9 cm³/mol. The molecular weight excluding hydrogens is 255 g/mol. The first-order chi connectivity index (χ1) is 8.41. The molecular formula is C12H17FN2O2S. The van der Waals surface area contributed by atoms with Crippen molar-refractivity contribution in [1.82, 2.24) is 4.31 Å². The number of benzene rings is 1. The maximum atomic E-state index is 13.1. The zero-order chi connectivity index (χ0) is 13.3. The maximum absolute atomic E-state index is 13.1. The molecule has 0 aromatic heterocycles. The Bertz CT molecular complexity index is 531. The Morgan fingerprint density at radius 1 is 1.50 bits per heavy atom. The van der Waals surface area contributed by atoms with Crippen LogP contribution in [0.25, 0.3) is 0 Å². The second kappa shape index (κ2) is 4.95. The lowest BCUT2D eigenvalue weighted by atomic mass is 10.0. The van der Waals surface area contributed by atoms with Crippen LogP contribution in [-0.2, 0) is 10.0 Å². The molecule has 1 aliphatic rings. The van der Waals surface area contributed by atoms with Crippen LogP contribution < -0.4 is 5.73 Å². The second-order valence-electron chi connectivity index (χ2n) is 4.73. The molecule has 2 rings (SSSR count). The van der Waals surface area contributed by atoms with Crippen LogP contribution in [0.5, 0.6) is 0 Å². The van der Waals surface area contributed by atoms with Gasteiger partial charge in [-0.1, -0.05) is 6.07 Å². The molecule has 2 atom stereocenters. The molecule has 0 amide bonds. The first-order valence-electron chi connectivity index (χ1n) is 5.92. The fourth-order valence-electron chi connectivity index (χ4n) is 2.18. The van der Waals surface area contributed by atoms with Crippen molar-refractivity contribution >= 4 is 10.0 Å². The molecule has 0 bridgehead atoms. The second-order valence-corrected chi connectivity index (χ2v) is 6.67. The zero-order valence-electron chi connectivity index (χ0n) is 10.2. The van der Waals surface area contributed by atoms with E-state index in [2.05, 4.69) is 0 Å². The summed E-state index contributed by atoms with van der Waals surface area (Å²) < 4.78 is 39.0. The number of sulfonamides is 1. The quantitative estimate of drug-likeness (QED) is 0.898. The van der Waals surface area contributed by atoms with Gasteiger partial charge in [0.05, 0.1) is 4.90 Å². The highest BCUT2D eigenvalue weighted by Crippen LogP contribution is 2.25. The van der Waals surface area contributed by atoms with Crippen LogP contribution in [0.3, 0.4) is 0 Å². The topological polar surface area (TPSA) is 63.4 Å². The minimum Gasteiger partial charge on any atom is -0.328 e. The average molecular weight is 272 g/mol. The van der Waals surface area contributed by atoms with Crippen molar-refractivity contribution in [2.45, 2.75) is 24.3 Å². The standard InChI is InChI=1S/C12H17FN2O2S/c1-9(14)10-5-6-15(8-10)18(16,17)12-4-2-3-11(13)7-12/h2-4,7,9-10H,5-6,8,14H2,1H3. The molecule has 18 heavy (non-hydrogen) atoms. The van der Waals surface area contributed by atoms with E-state index in [4.69, 9.17) is 5.73 Å². The summed E-state index contributed by atoms with van der Waals surface area (Å²) >= 11 is 0. The number of hydrogen-bond donors (Lipinski definition) is 1. The van der Waals surface area contributed by atoms with Gasteiger partial charge in [0.25, 0.3) is 0 Å². The highest BCUT2D eigenvalue weighted by atomic mass is 32.2. The molecule has 1 aromatic rings. The molecule has 6 heteroatoms. The molecule has 2 unspecified atom stereocenters. The van der Waals surface area contributed by atoms with Gasteiger partial charge >= 0.3 is 0 Å². The van der Waals surface area contributed by atoms with E-state index < -0.39 is 15.8 Å². The van der Waals surface area contributed by atoms with Crippen molar-refractivity contribution in [3.05, 3.63) is 30.1 Å². The SMILES string of the molecule is CC(N)C1CCN(S(=O)(=O)c2cccc(F)c2)C1. The fraction of sp³-hybridized carbons (Fsp3) is 0.500. The van der Waals surface area contributed by atoms with Crippen molar-refractivity contribution in [2.75, 3.05) is 13.1 Å². The molecule has 1 saturated heterocycles. The minimum absolute atomic E-state index is 0.00724. The normalized spacial score (nSPS) is 23.2. The molecule has 1 fully saturated rings. The van der Waals surface area contributed by atoms with E-state index in [1.807, 2.05) is 6.92 Å². The summed E-state index contributed by atoms with van der Waals surface area (Å²) in [6.45, 7) is 2.74. The molecule has 0 saturated carbocycles. The Kier molecular flexibility index (Phi) is 3.70. The van der Waals surface area contributed by atoms with Crippen LogP contribution in [0.15, 0.2) is 29.2 Å². The first-order valence-corrected chi connectivity index (χ1v) is 7.36. The summed E-state index contributed by atoms with van der Waals surface area (Å²) in [6.07, 6.45) is 0.756. The number of rotatable bonds is 3. The zero-order valence-corrected chi connectivity index (χ0v) is 11.0. The third kappa shape index (κ3) is 2.55. The van der Waals surface area contributed by atoms with E-state index in [9.17, 15) is 12.8 Å². The largest absolute Gasteiger partial charge is 0.328 e. The molecule has 0 spiro atoms. The van der Waals surface area contributed by atoms with Gasteiger partial charge in [-0.2, -0.15) is 4.31 Å². The first kappa shape index (κ1) is 13.5. The maximum Gasteiger partial charge on any atom is 0.243 e. The van der Waals surface area contributed by atoms with E-state index in [-0.39, 0.29) is 16.9 Å². The third-order valence-electron chi connectivity index (χ3n) is 3.36. The van der Waals surface area contributed by atoms with Crippen molar-refractivity contribution in [3.8, 4) is 0 Å². The third-order valence-corrected chi connectivity index (χ3v) is 5.23. The molecule has 4 nitrogen and oxygen atoms in total. The van der Waals surface area contributed by atoms with Gasteiger partial charge in [0, 0.05) is 19.1 Å². The van der Waals surface area contributed by atoms with Crippen LogP contribution in [-0.4, -0.2) is 31.9 Å². The van der Waals surface area contributed by atoms with E-state index in [1.54, 1.807) is 0 Å². The number of hydrogen-bond acceptors (Lipinski definition) is 3. The van der Waals surface area contributed by atoms with E-state index in [0.717, 1.165) is 12.5 Å². The van der Waals surface area contributed by atoms with Gasteiger partial charge in [-0.25, -0.2) is 12.8 Å². The van der Waals surface area contributed by atoms with Crippen molar-refractivity contribution in [1.29, 1.82) is 0 Å². The monoisotopic (exact) mass is 272 g/mol. The van der Waals surface area contributed by atoms with Crippen molar-refractivity contribution < 1.29 is 12.8 Å². The molecule has 0 radical (unpaired) electrons. The van der Waals surface area contributed by atoms with Crippen LogP contribution in [0.2, 0.25) is 0 Å². The highest BCUT2D eigenvalue weighted by molar-refractivity contribution is 7.89. The predicted octanol–water partition coefficient (Wildman–Crippen LogP) is 1.18. The van der Waals surface area contributed by atoms with E-state index in [0.29, 0.717) is 13.1 Å². The summed E-state index contributed by atoms with van der Waals surface area (Å²) in [4.78, 5) is 0.00724. The van der Waals surface area contributed by atoms with E-state index in [1.165, 1.54) is 22.5 Å². The number of nitrogens with two attached hydrogens (primary N) is 1. The average Bonchev–Trinajstić information content (AvgIpc) is 2.79. The lowest BCUT2D eigenvalue weighted by molar-refractivity contribution is 0.428. The van der Waals surface area contributed by atoms with Gasteiger partial charge in [0.1, 0.15) is 5.82 Å². The highest BCUT2D eigenvalue weighted by Gasteiger charge is 2.33. The van der Waals surface area contributed by atoms with Gasteiger partial charge in [0.15, 0.2) is 0 Å². The van der Waals surface area contributed by atoms with Crippen LogP contribution >= 0.6 is 0 Å². The Morgan fingerprint density at radius 2 is 2.22 bits per heavy atom. The molecule has 1 aliphatic heterocycles. The van der Waals surface area contributed by atoms with Crippen LogP contribution in [0.4, 0.5) is 4.39 Å². The lowest BCUT2D eigenvalue weighted by Crippen LogP contribution is -2.33. The van der Waals surface area contributed by atoms with Gasteiger partial charge in [-0.3, -0.25) is 0 Å². The molecule has 2 N–H and O–H groups in total. The van der Waals surface area contributed by atoms with Gasteiger partial charge < -0.3 is 5.73 Å². The Morgan fingerprint density at radius 3 is 2.78 bits per heavy atom.